The number of carbonyl (C=O) groups is 1. The Morgan fingerprint density at radius 2 is 2.05 bits per heavy atom. The highest BCUT2D eigenvalue weighted by Crippen LogP contribution is 2.25. The number of aromatic nitrogens is 2. The molecule has 0 amide bonds. The van der Waals surface area contributed by atoms with E-state index in [0.717, 1.165) is 12.2 Å². The molecule has 1 N–H and O–H groups in total. The summed E-state index contributed by atoms with van der Waals surface area (Å²) in [6.45, 7) is 11.9. The largest absolute Gasteiger partial charge is 0.481 e. The zero-order valence-corrected chi connectivity index (χ0v) is 13.5. The molecule has 0 radical (unpaired) electrons. The van der Waals surface area contributed by atoms with Gasteiger partial charge in [-0.3, -0.25) is 14.4 Å². The topological polar surface area (TPSA) is 58.4 Å². The molecular weight excluding hydrogens is 254 g/mol. The highest BCUT2D eigenvalue weighted by atomic mass is 16.4. The lowest BCUT2D eigenvalue weighted by Crippen LogP contribution is -2.33. The van der Waals surface area contributed by atoms with Gasteiger partial charge in [-0.2, -0.15) is 5.10 Å². The third kappa shape index (κ3) is 4.63. The summed E-state index contributed by atoms with van der Waals surface area (Å²) in [7, 11) is 1.93. The lowest BCUT2D eigenvalue weighted by atomic mass is 9.89. The lowest BCUT2D eigenvalue weighted by Gasteiger charge is -2.27. The number of carboxylic acids is 1. The summed E-state index contributed by atoms with van der Waals surface area (Å²) in [4.78, 5) is 12.9. The first-order valence-corrected chi connectivity index (χ1v) is 7.10. The minimum Gasteiger partial charge on any atom is -0.481 e. The van der Waals surface area contributed by atoms with Crippen LogP contribution in [0.3, 0.4) is 0 Å². The summed E-state index contributed by atoms with van der Waals surface area (Å²) in [5.74, 6) is -0.752. The summed E-state index contributed by atoms with van der Waals surface area (Å²) in [5.41, 5.74) is 2.26. The van der Waals surface area contributed by atoms with Crippen LogP contribution in [-0.4, -0.2) is 38.3 Å². The van der Waals surface area contributed by atoms with Crippen molar-refractivity contribution in [3.8, 4) is 0 Å². The van der Waals surface area contributed by atoms with Gasteiger partial charge in [0, 0.05) is 43.4 Å². The standard InChI is InChI=1S/C15H27N3O2/c1-11(2)18(8-7-13(19)20)10-12-9-17(6)16-14(12)15(3,4)5/h9,11H,7-8,10H2,1-6H3,(H,19,20). The van der Waals surface area contributed by atoms with Gasteiger partial charge in [0.05, 0.1) is 12.1 Å². The van der Waals surface area contributed by atoms with Crippen molar-refractivity contribution in [3.63, 3.8) is 0 Å². The molecule has 0 saturated carbocycles. The van der Waals surface area contributed by atoms with Gasteiger partial charge in [-0.25, -0.2) is 0 Å². The van der Waals surface area contributed by atoms with Crippen molar-refractivity contribution in [2.45, 2.75) is 59.0 Å². The van der Waals surface area contributed by atoms with Crippen LogP contribution in [0.25, 0.3) is 0 Å². The van der Waals surface area contributed by atoms with Crippen molar-refractivity contribution in [2.24, 2.45) is 7.05 Å². The minimum atomic E-state index is -0.752. The Morgan fingerprint density at radius 3 is 2.50 bits per heavy atom. The van der Waals surface area contributed by atoms with Crippen LogP contribution in [0.5, 0.6) is 0 Å². The third-order valence-electron chi connectivity index (χ3n) is 3.33. The lowest BCUT2D eigenvalue weighted by molar-refractivity contribution is -0.137. The smallest absolute Gasteiger partial charge is 0.304 e. The molecule has 0 saturated heterocycles. The monoisotopic (exact) mass is 281 g/mol. The Hall–Kier alpha value is -1.36. The van der Waals surface area contributed by atoms with E-state index in [4.69, 9.17) is 5.11 Å². The van der Waals surface area contributed by atoms with E-state index in [9.17, 15) is 4.79 Å². The number of hydrogen-bond donors (Lipinski definition) is 1. The Morgan fingerprint density at radius 1 is 1.45 bits per heavy atom. The van der Waals surface area contributed by atoms with Gasteiger partial charge >= 0.3 is 5.97 Å². The first-order chi connectivity index (χ1) is 9.11. The molecular formula is C15H27N3O2. The van der Waals surface area contributed by atoms with Crippen LogP contribution >= 0.6 is 0 Å². The highest BCUT2D eigenvalue weighted by Gasteiger charge is 2.23. The van der Waals surface area contributed by atoms with Gasteiger partial charge in [0.1, 0.15) is 0 Å². The Balaban J connectivity index is 2.91. The molecule has 0 atom stereocenters. The molecule has 1 aromatic rings. The number of nitrogens with zero attached hydrogens (tertiary/aromatic N) is 3. The number of rotatable bonds is 6. The van der Waals surface area contributed by atoms with Crippen LogP contribution in [0.15, 0.2) is 6.20 Å². The van der Waals surface area contributed by atoms with Crippen LogP contribution in [0, 0.1) is 0 Å². The number of carboxylic acid groups (broad SMARTS) is 1. The van der Waals surface area contributed by atoms with E-state index in [2.05, 4.69) is 44.6 Å². The molecule has 5 nitrogen and oxygen atoms in total. The number of aliphatic carboxylic acids is 1. The van der Waals surface area contributed by atoms with Gasteiger partial charge in [-0.05, 0) is 13.8 Å². The SMILES string of the molecule is CC(C)N(CCC(=O)O)Cc1cn(C)nc1C(C)(C)C. The molecule has 0 aliphatic carbocycles. The third-order valence-corrected chi connectivity index (χ3v) is 3.33. The molecule has 0 aliphatic heterocycles. The first kappa shape index (κ1) is 16.7. The number of aryl methyl sites for hydroxylation is 1. The van der Waals surface area contributed by atoms with E-state index < -0.39 is 5.97 Å². The van der Waals surface area contributed by atoms with Crippen LogP contribution in [-0.2, 0) is 23.8 Å². The van der Waals surface area contributed by atoms with Gasteiger partial charge in [-0.1, -0.05) is 20.8 Å². The second kappa shape index (κ2) is 6.39. The fourth-order valence-corrected chi connectivity index (χ4v) is 2.26. The maximum Gasteiger partial charge on any atom is 0.304 e. The van der Waals surface area contributed by atoms with Crippen molar-refractivity contribution in [2.75, 3.05) is 6.54 Å². The van der Waals surface area contributed by atoms with Crippen LogP contribution < -0.4 is 0 Å². The summed E-state index contributed by atoms with van der Waals surface area (Å²) in [5, 5.41) is 13.4. The van der Waals surface area contributed by atoms with Crippen molar-refractivity contribution in [3.05, 3.63) is 17.5 Å². The van der Waals surface area contributed by atoms with E-state index in [1.165, 1.54) is 5.56 Å². The predicted octanol–water partition coefficient (Wildman–Crippen LogP) is 2.40. The van der Waals surface area contributed by atoms with Crippen molar-refractivity contribution < 1.29 is 9.90 Å². The second-order valence-corrected chi connectivity index (χ2v) is 6.63. The summed E-state index contributed by atoms with van der Waals surface area (Å²) < 4.78 is 1.84. The molecule has 0 aromatic carbocycles. The van der Waals surface area contributed by atoms with Crippen molar-refractivity contribution in [1.82, 2.24) is 14.7 Å². The molecule has 0 aliphatic rings. The molecule has 0 unspecified atom stereocenters. The fraction of sp³-hybridized carbons (Fsp3) is 0.733. The number of hydrogen-bond acceptors (Lipinski definition) is 3. The Kier molecular flexibility index (Phi) is 5.34. The molecule has 0 spiro atoms. The van der Waals surface area contributed by atoms with E-state index in [-0.39, 0.29) is 11.8 Å². The normalized spacial score (nSPS) is 12.4. The van der Waals surface area contributed by atoms with Crippen LogP contribution in [0.4, 0.5) is 0 Å². The highest BCUT2D eigenvalue weighted by molar-refractivity contribution is 5.66. The van der Waals surface area contributed by atoms with E-state index >= 15 is 0 Å². The molecule has 5 heteroatoms. The van der Waals surface area contributed by atoms with E-state index in [1.807, 2.05) is 17.9 Å². The molecule has 0 bridgehead atoms. The Labute approximate surface area is 121 Å². The molecule has 1 heterocycles. The zero-order chi connectivity index (χ0) is 15.5. The average molecular weight is 281 g/mol. The predicted molar refractivity (Wildman–Crippen MR) is 79.7 cm³/mol. The van der Waals surface area contributed by atoms with Gasteiger partial charge in [-0.15, -0.1) is 0 Å². The van der Waals surface area contributed by atoms with E-state index in [1.54, 1.807) is 0 Å². The van der Waals surface area contributed by atoms with Gasteiger partial charge in [0.2, 0.25) is 0 Å². The quantitative estimate of drug-likeness (QED) is 0.870. The average Bonchev–Trinajstić information content (AvgIpc) is 2.64. The molecule has 114 valence electrons. The maximum atomic E-state index is 10.8. The molecule has 20 heavy (non-hydrogen) atoms. The summed E-state index contributed by atoms with van der Waals surface area (Å²) in [6.07, 6.45) is 2.21. The van der Waals surface area contributed by atoms with Crippen LogP contribution in [0.1, 0.15) is 52.3 Å². The van der Waals surface area contributed by atoms with Gasteiger partial charge in [0.15, 0.2) is 0 Å². The van der Waals surface area contributed by atoms with Crippen LogP contribution in [0.2, 0.25) is 0 Å². The molecule has 1 aromatic heterocycles. The van der Waals surface area contributed by atoms with Gasteiger partial charge in [0.25, 0.3) is 0 Å². The minimum absolute atomic E-state index is 0.00790. The van der Waals surface area contributed by atoms with Crippen molar-refractivity contribution in [1.29, 1.82) is 0 Å². The second-order valence-electron chi connectivity index (χ2n) is 6.63. The molecule has 0 fully saturated rings. The van der Waals surface area contributed by atoms with Crippen molar-refractivity contribution >= 4 is 5.97 Å². The zero-order valence-electron chi connectivity index (χ0n) is 13.5. The van der Waals surface area contributed by atoms with E-state index in [0.29, 0.717) is 12.6 Å². The summed E-state index contributed by atoms with van der Waals surface area (Å²) in [6, 6.07) is 0.308. The first-order valence-electron chi connectivity index (χ1n) is 7.10. The fourth-order valence-electron chi connectivity index (χ4n) is 2.26. The Bertz CT molecular complexity index is 458. The van der Waals surface area contributed by atoms with Gasteiger partial charge < -0.3 is 5.11 Å². The molecule has 1 rings (SSSR count). The maximum absolute atomic E-state index is 10.8. The summed E-state index contributed by atoms with van der Waals surface area (Å²) >= 11 is 0.